The fraction of sp³-hybridized carbons (Fsp3) is 0.0714. The van der Waals surface area contributed by atoms with E-state index in [9.17, 15) is 19.7 Å². The Kier molecular flexibility index (Phi) is 7.71. The van der Waals surface area contributed by atoms with Gasteiger partial charge >= 0.3 is 0 Å². The summed E-state index contributed by atoms with van der Waals surface area (Å²) in [4.78, 5) is 33.3. The predicted molar refractivity (Wildman–Crippen MR) is 76.2 cm³/mol. The monoisotopic (exact) mass is 383 g/mol. The fourth-order valence-corrected chi connectivity index (χ4v) is 1.82. The third-order valence-corrected chi connectivity index (χ3v) is 2.85. The molecule has 23 heavy (non-hydrogen) atoms. The highest BCUT2D eigenvalue weighted by atomic mass is 79.9. The van der Waals surface area contributed by atoms with E-state index in [1.165, 1.54) is 41.1 Å². The number of nitro benzene ring substituents is 1. The first-order valence-electron chi connectivity index (χ1n) is 6.04. The van der Waals surface area contributed by atoms with Crippen LogP contribution in [0.15, 0.2) is 48.8 Å². The minimum Gasteiger partial charge on any atom is -1.00 e. The highest BCUT2D eigenvalue weighted by molar-refractivity contribution is 5.95. The smallest absolute Gasteiger partial charge is 0.270 e. The van der Waals surface area contributed by atoms with E-state index < -0.39 is 10.8 Å². The number of hydrogen-bond donors (Lipinski definition) is 1. The molecule has 0 aliphatic heterocycles. The average molecular weight is 384 g/mol. The lowest BCUT2D eigenvalue weighted by Crippen LogP contribution is -3.00. The van der Waals surface area contributed by atoms with E-state index in [1.807, 2.05) is 0 Å². The van der Waals surface area contributed by atoms with Gasteiger partial charge in [-0.15, -0.1) is 0 Å². The fourth-order valence-electron chi connectivity index (χ4n) is 1.82. The largest absolute Gasteiger partial charge is 1.00 e. The molecular formula is C14H14BrN3O5. The van der Waals surface area contributed by atoms with Crippen molar-refractivity contribution in [2.75, 3.05) is 0 Å². The maximum atomic E-state index is 12.1. The number of primary amides is 1. The Labute approximate surface area is 141 Å². The van der Waals surface area contributed by atoms with Crippen LogP contribution in [0.2, 0.25) is 0 Å². The molecule has 9 heteroatoms. The highest BCUT2D eigenvalue weighted by Crippen LogP contribution is 2.13. The molecule has 1 heterocycles. The first-order valence-corrected chi connectivity index (χ1v) is 6.04. The lowest BCUT2D eigenvalue weighted by Gasteiger charge is -1.99. The van der Waals surface area contributed by atoms with Crippen molar-refractivity contribution < 1.29 is 41.5 Å². The minimum atomic E-state index is -0.591. The van der Waals surface area contributed by atoms with Crippen LogP contribution in [0.4, 0.5) is 5.69 Å². The van der Waals surface area contributed by atoms with Gasteiger partial charge in [-0.3, -0.25) is 19.7 Å². The number of carbonyl (C=O) groups excluding carboxylic acids is 2. The molecule has 0 aliphatic rings. The number of ketones is 1. The summed E-state index contributed by atoms with van der Waals surface area (Å²) < 4.78 is 1.50. The standard InChI is InChI=1S/C14H11N3O4.BrH.H2O/c15-14(19)11-4-2-6-16(8-11)9-13(18)10-3-1-5-12(7-10)17(20)21;;/h1-8H,9H2,(H-,15,19);1H;1H2. The lowest BCUT2D eigenvalue weighted by atomic mass is 10.1. The summed E-state index contributed by atoms with van der Waals surface area (Å²) >= 11 is 0. The molecule has 0 saturated carbocycles. The van der Waals surface area contributed by atoms with E-state index >= 15 is 0 Å². The summed E-state index contributed by atoms with van der Waals surface area (Å²) in [6.45, 7) is -0.0394. The third-order valence-electron chi connectivity index (χ3n) is 2.85. The molecule has 4 N–H and O–H groups in total. The first-order chi connectivity index (χ1) is 9.97. The second-order valence-corrected chi connectivity index (χ2v) is 4.36. The third kappa shape index (κ3) is 5.24. The Morgan fingerprint density at radius 2 is 1.83 bits per heavy atom. The zero-order chi connectivity index (χ0) is 15.4. The summed E-state index contributed by atoms with van der Waals surface area (Å²) in [5.41, 5.74) is 5.54. The van der Waals surface area contributed by atoms with E-state index in [4.69, 9.17) is 5.73 Å². The van der Waals surface area contributed by atoms with Crippen LogP contribution in [0.1, 0.15) is 20.7 Å². The second-order valence-electron chi connectivity index (χ2n) is 4.36. The van der Waals surface area contributed by atoms with Crippen molar-refractivity contribution in [3.05, 3.63) is 70.0 Å². The van der Waals surface area contributed by atoms with E-state index in [2.05, 4.69) is 0 Å². The number of aromatic nitrogens is 1. The highest BCUT2D eigenvalue weighted by Gasteiger charge is 2.16. The molecule has 0 bridgehead atoms. The Balaban J connectivity index is 0.00000242. The Bertz CT molecular complexity index is 736. The number of pyridine rings is 1. The van der Waals surface area contributed by atoms with Crippen LogP contribution in [0, 0.1) is 10.1 Å². The number of nitro groups is 1. The lowest BCUT2D eigenvalue weighted by molar-refractivity contribution is -0.683. The van der Waals surface area contributed by atoms with Gasteiger partial charge in [-0.2, -0.15) is 4.57 Å². The second kappa shape index (κ2) is 8.71. The normalized spacial score (nSPS) is 9.22. The van der Waals surface area contributed by atoms with Crippen molar-refractivity contribution in [1.82, 2.24) is 0 Å². The van der Waals surface area contributed by atoms with Crippen molar-refractivity contribution in [3.8, 4) is 0 Å². The summed E-state index contributed by atoms with van der Waals surface area (Å²) in [7, 11) is 0. The van der Waals surface area contributed by atoms with Crippen LogP contribution >= 0.6 is 0 Å². The molecular weight excluding hydrogens is 370 g/mol. The first kappa shape index (κ1) is 20.3. The van der Waals surface area contributed by atoms with E-state index in [1.54, 1.807) is 12.3 Å². The molecule has 1 aromatic heterocycles. The predicted octanol–water partition coefficient (Wildman–Crippen LogP) is -2.96. The van der Waals surface area contributed by atoms with Crippen LogP contribution < -0.4 is 27.3 Å². The van der Waals surface area contributed by atoms with Crippen LogP contribution in [0.3, 0.4) is 0 Å². The number of amides is 1. The molecule has 0 saturated heterocycles. The number of nitrogens with zero attached hydrogens (tertiary/aromatic N) is 2. The number of nitrogens with two attached hydrogens (primary N) is 1. The molecule has 2 aromatic rings. The van der Waals surface area contributed by atoms with Gasteiger partial charge in [0.2, 0.25) is 12.3 Å². The van der Waals surface area contributed by atoms with E-state index in [0.717, 1.165) is 0 Å². The Hall–Kier alpha value is -2.65. The number of non-ortho nitro benzene ring substituents is 1. The molecule has 2 rings (SSSR count). The van der Waals surface area contributed by atoms with Crippen molar-refractivity contribution in [1.29, 1.82) is 0 Å². The number of hydrogen-bond acceptors (Lipinski definition) is 4. The maximum absolute atomic E-state index is 12.1. The molecule has 122 valence electrons. The van der Waals surface area contributed by atoms with Crippen molar-refractivity contribution in [2.24, 2.45) is 5.73 Å². The molecule has 8 nitrogen and oxygen atoms in total. The van der Waals surface area contributed by atoms with Gasteiger partial charge in [-0.1, -0.05) is 12.1 Å². The zero-order valence-corrected chi connectivity index (χ0v) is 13.4. The van der Waals surface area contributed by atoms with Crippen molar-refractivity contribution in [2.45, 2.75) is 6.54 Å². The molecule has 0 fully saturated rings. The van der Waals surface area contributed by atoms with Gasteiger partial charge in [0.25, 0.3) is 11.6 Å². The maximum Gasteiger partial charge on any atom is 0.270 e. The molecule has 1 amide bonds. The summed E-state index contributed by atoms with van der Waals surface area (Å²) in [6.07, 6.45) is 3.07. The van der Waals surface area contributed by atoms with Crippen LogP contribution in [-0.4, -0.2) is 22.1 Å². The quantitative estimate of drug-likeness (QED) is 0.255. The zero-order valence-electron chi connectivity index (χ0n) is 11.8. The van der Waals surface area contributed by atoms with Gasteiger partial charge < -0.3 is 28.2 Å². The number of rotatable bonds is 5. The van der Waals surface area contributed by atoms with E-state index in [0.29, 0.717) is 0 Å². The van der Waals surface area contributed by atoms with Gasteiger partial charge in [0.05, 0.1) is 4.92 Å². The van der Waals surface area contributed by atoms with Crippen LogP contribution in [0.25, 0.3) is 0 Å². The van der Waals surface area contributed by atoms with Crippen LogP contribution in [-0.2, 0) is 6.54 Å². The SMILES string of the molecule is NC(=O)c1ccc[n+](CC(=O)c2cccc([N+](=O)[O-])c2)c1.O.[Br-]. The summed E-state index contributed by atoms with van der Waals surface area (Å²) in [5.74, 6) is -0.891. The van der Waals surface area contributed by atoms with E-state index in [-0.39, 0.29) is 51.6 Å². The van der Waals surface area contributed by atoms with Crippen molar-refractivity contribution in [3.63, 3.8) is 0 Å². The molecule has 1 aromatic carbocycles. The molecule has 0 radical (unpaired) electrons. The molecule has 0 aliphatic carbocycles. The number of carbonyl (C=O) groups is 2. The molecule has 0 unspecified atom stereocenters. The minimum absolute atomic E-state index is 0. The van der Waals surface area contributed by atoms with Gasteiger partial charge in [0.15, 0.2) is 12.4 Å². The summed E-state index contributed by atoms with van der Waals surface area (Å²) in [5, 5.41) is 10.7. The van der Waals surface area contributed by atoms with Gasteiger partial charge in [-0.25, -0.2) is 0 Å². The number of benzene rings is 1. The molecule has 0 spiro atoms. The number of halogens is 1. The van der Waals surface area contributed by atoms with Crippen LogP contribution in [0.5, 0.6) is 0 Å². The average Bonchev–Trinajstić information content (AvgIpc) is 2.47. The van der Waals surface area contributed by atoms with Gasteiger partial charge in [0.1, 0.15) is 5.56 Å². The summed E-state index contributed by atoms with van der Waals surface area (Å²) in [6, 6.07) is 8.64. The number of Topliss-reactive ketones (excluding diaryl/α,β-unsaturated/α-hetero) is 1. The Morgan fingerprint density at radius 1 is 1.17 bits per heavy atom. The van der Waals surface area contributed by atoms with Gasteiger partial charge in [-0.05, 0) is 6.07 Å². The topological polar surface area (TPSA) is 139 Å². The Morgan fingerprint density at radius 3 is 2.43 bits per heavy atom. The van der Waals surface area contributed by atoms with Gasteiger partial charge in [0, 0.05) is 23.8 Å². The molecule has 0 atom stereocenters. The van der Waals surface area contributed by atoms with Crippen molar-refractivity contribution >= 4 is 17.4 Å².